The molecule has 1 aliphatic carbocycles. The van der Waals surface area contributed by atoms with Crippen LogP contribution in [0.25, 0.3) is 0 Å². The van der Waals surface area contributed by atoms with Crippen LogP contribution in [-0.2, 0) is 4.74 Å². The Morgan fingerprint density at radius 3 is 2.96 bits per heavy atom. The Hall–Kier alpha value is -1.92. The smallest absolute Gasteiger partial charge is 0.278 e. The molecular formula is C18H22N2O3S. The van der Waals surface area contributed by atoms with Crippen LogP contribution in [0.2, 0.25) is 0 Å². The quantitative estimate of drug-likeness (QED) is 0.831. The third kappa shape index (κ3) is 4.33. The molecule has 128 valence electrons. The molecule has 24 heavy (non-hydrogen) atoms. The number of aromatic nitrogens is 1. The summed E-state index contributed by atoms with van der Waals surface area (Å²) in [5, 5.41) is 5.55. The molecule has 2 atom stereocenters. The number of hydrogen-bond acceptors (Lipinski definition) is 5. The highest BCUT2D eigenvalue weighted by Crippen LogP contribution is 2.24. The number of nitrogens with zero attached hydrogens (tertiary/aromatic N) is 1. The zero-order valence-corrected chi connectivity index (χ0v) is 14.6. The van der Waals surface area contributed by atoms with E-state index in [2.05, 4.69) is 10.3 Å². The van der Waals surface area contributed by atoms with Crippen molar-refractivity contribution in [2.45, 2.75) is 44.2 Å². The van der Waals surface area contributed by atoms with Crippen molar-refractivity contribution in [1.82, 2.24) is 10.3 Å². The Bertz CT molecular complexity index is 660. The molecule has 1 saturated carbocycles. The first-order valence-corrected chi connectivity index (χ1v) is 9.15. The highest BCUT2D eigenvalue weighted by atomic mass is 32.1. The van der Waals surface area contributed by atoms with Gasteiger partial charge in [0.25, 0.3) is 11.1 Å². The molecule has 1 fully saturated rings. The van der Waals surface area contributed by atoms with Crippen molar-refractivity contribution in [3.05, 3.63) is 41.4 Å². The first-order valence-electron chi connectivity index (χ1n) is 8.27. The van der Waals surface area contributed by atoms with Gasteiger partial charge in [0, 0.05) is 24.3 Å². The van der Waals surface area contributed by atoms with Crippen LogP contribution in [0.5, 0.6) is 10.9 Å². The van der Waals surface area contributed by atoms with Crippen LogP contribution in [0.15, 0.2) is 35.8 Å². The van der Waals surface area contributed by atoms with Crippen LogP contribution in [0.3, 0.4) is 0 Å². The van der Waals surface area contributed by atoms with Crippen LogP contribution in [0.4, 0.5) is 0 Å². The van der Waals surface area contributed by atoms with Gasteiger partial charge in [-0.05, 0) is 31.0 Å². The minimum atomic E-state index is -0.0893. The summed E-state index contributed by atoms with van der Waals surface area (Å²) in [5.74, 6) is 0.523. The molecule has 1 amide bonds. The molecule has 0 saturated heterocycles. The molecule has 2 aromatic rings. The number of nitrogens with one attached hydrogen (secondary N) is 1. The van der Waals surface area contributed by atoms with Crippen molar-refractivity contribution in [3.8, 4) is 10.9 Å². The Balaban J connectivity index is 1.67. The third-order valence-corrected chi connectivity index (χ3v) is 4.93. The third-order valence-electron chi connectivity index (χ3n) is 4.28. The number of amides is 1. The fourth-order valence-electron chi connectivity index (χ4n) is 3.03. The molecular weight excluding hydrogens is 324 g/mol. The first kappa shape index (κ1) is 16.9. The van der Waals surface area contributed by atoms with Gasteiger partial charge in [0.1, 0.15) is 5.75 Å². The number of carbonyl (C=O) groups excluding carboxylic acids is 1. The van der Waals surface area contributed by atoms with E-state index < -0.39 is 0 Å². The van der Waals surface area contributed by atoms with E-state index in [0.717, 1.165) is 25.7 Å². The molecule has 1 aromatic carbocycles. The molecule has 5 nitrogen and oxygen atoms in total. The minimum Gasteiger partial charge on any atom is -0.431 e. The lowest BCUT2D eigenvalue weighted by atomic mass is 10.1. The van der Waals surface area contributed by atoms with Crippen LogP contribution < -0.4 is 10.1 Å². The van der Waals surface area contributed by atoms with E-state index in [-0.39, 0.29) is 18.1 Å². The van der Waals surface area contributed by atoms with Gasteiger partial charge in [0.05, 0.1) is 12.1 Å². The predicted octanol–water partition coefficient (Wildman–Crippen LogP) is 4.01. The second kappa shape index (κ2) is 8.26. The van der Waals surface area contributed by atoms with Gasteiger partial charge in [-0.25, -0.2) is 4.98 Å². The maximum atomic E-state index is 12.6. The van der Waals surface area contributed by atoms with Gasteiger partial charge >= 0.3 is 0 Å². The standard InChI is InChI=1S/C18H22N2O3S/c1-22-16-9-4-2-3-8-15(16)20-17(21)13-6-5-7-14(12-13)23-18-19-10-11-24-18/h5-7,10-12,15-16H,2-4,8-9H2,1H3,(H,20,21). The van der Waals surface area contributed by atoms with Crippen molar-refractivity contribution in [1.29, 1.82) is 0 Å². The summed E-state index contributed by atoms with van der Waals surface area (Å²) in [5.41, 5.74) is 0.586. The molecule has 1 aliphatic rings. The van der Waals surface area contributed by atoms with Crippen molar-refractivity contribution in [2.24, 2.45) is 0 Å². The van der Waals surface area contributed by atoms with E-state index in [1.165, 1.54) is 17.8 Å². The zero-order chi connectivity index (χ0) is 16.8. The second-order valence-corrected chi connectivity index (χ2v) is 6.78. The van der Waals surface area contributed by atoms with Crippen molar-refractivity contribution < 1.29 is 14.3 Å². The Morgan fingerprint density at radius 1 is 1.29 bits per heavy atom. The van der Waals surface area contributed by atoms with E-state index in [4.69, 9.17) is 9.47 Å². The second-order valence-electron chi connectivity index (χ2n) is 5.92. The SMILES string of the molecule is COC1CCCCCC1NC(=O)c1cccc(Oc2nccs2)c1. The average molecular weight is 346 g/mol. The van der Waals surface area contributed by atoms with Crippen LogP contribution in [-0.4, -0.2) is 30.1 Å². The first-order chi connectivity index (χ1) is 11.8. The molecule has 0 spiro atoms. The topological polar surface area (TPSA) is 60.5 Å². The highest BCUT2D eigenvalue weighted by Gasteiger charge is 2.25. The van der Waals surface area contributed by atoms with Crippen molar-refractivity contribution >= 4 is 17.2 Å². The maximum absolute atomic E-state index is 12.6. The van der Waals surface area contributed by atoms with Crippen LogP contribution >= 0.6 is 11.3 Å². The van der Waals surface area contributed by atoms with Gasteiger partial charge in [0.2, 0.25) is 0 Å². The fourth-order valence-corrected chi connectivity index (χ4v) is 3.54. The number of rotatable bonds is 5. The lowest BCUT2D eigenvalue weighted by molar-refractivity contribution is 0.0568. The predicted molar refractivity (Wildman–Crippen MR) is 93.8 cm³/mol. The van der Waals surface area contributed by atoms with E-state index >= 15 is 0 Å². The largest absolute Gasteiger partial charge is 0.431 e. The molecule has 0 bridgehead atoms. The summed E-state index contributed by atoms with van der Waals surface area (Å²) < 4.78 is 11.2. The summed E-state index contributed by atoms with van der Waals surface area (Å²) in [4.78, 5) is 16.7. The van der Waals surface area contributed by atoms with Gasteiger partial charge in [-0.3, -0.25) is 4.79 Å². The average Bonchev–Trinajstić information content (AvgIpc) is 3.00. The van der Waals surface area contributed by atoms with Gasteiger partial charge in [-0.15, -0.1) is 0 Å². The summed E-state index contributed by atoms with van der Waals surface area (Å²) in [6.07, 6.45) is 7.21. The monoisotopic (exact) mass is 346 g/mol. The fraction of sp³-hybridized carbons (Fsp3) is 0.444. The lowest BCUT2D eigenvalue weighted by Gasteiger charge is -2.25. The summed E-state index contributed by atoms with van der Waals surface area (Å²) in [7, 11) is 1.72. The number of ether oxygens (including phenoxy) is 2. The van der Waals surface area contributed by atoms with Gasteiger partial charge in [-0.1, -0.05) is 36.7 Å². The molecule has 6 heteroatoms. The van der Waals surface area contributed by atoms with Crippen LogP contribution in [0.1, 0.15) is 42.5 Å². The van der Waals surface area contributed by atoms with Crippen LogP contribution in [0, 0.1) is 0 Å². The number of carbonyl (C=O) groups is 1. The normalized spacial score (nSPS) is 21.0. The number of hydrogen-bond donors (Lipinski definition) is 1. The molecule has 1 heterocycles. The Labute approximate surface area is 146 Å². The van der Waals surface area contributed by atoms with E-state index in [1.54, 1.807) is 25.4 Å². The summed E-state index contributed by atoms with van der Waals surface area (Å²) in [6, 6.07) is 7.24. The van der Waals surface area contributed by atoms with E-state index in [1.807, 2.05) is 17.5 Å². The Morgan fingerprint density at radius 2 is 2.17 bits per heavy atom. The van der Waals surface area contributed by atoms with Gasteiger partial charge < -0.3 is 14.8 Å². The molecule has 0 aliphatic heterocycles. The Kier molecular flexibility index (Phi) is 5.82. The summed E-state index contributed by atoms with van der Waals surface area (Å²) in [6.45, 7) is 0. The molecule has 3 rings (SSSR count). The summed E-state index contributed by atoms with van der Waals surface area (Å²) >= 11 is 1.42. The number of methoxy groups -OCH3 is 1. The zero-order valence-electron chi connectivity index (χ0n) is 13.7. The van der Waals surface area contributed by atoms with Crippen molar-refractivity contribution in [3.63, 3.8) is 0 Å². The van der Waals surface area contributed by atoms with E-state index in [9.17, 15) is 4.79 Å². The number of benzene rings is 1. The van der Waals surface area contributed by atoms with Gasteiger partial charge in [0.15, 0.2) is 0 Å². The highest BCUT2D eigenvalue weighted by molar-refractivity contribution is 7.11. The molecule has 2 unspecified atom stereocenters. The molecule has 1 aromatic heterocycles. The molecule has 0 radical (unpaired) electrons. The molecule has 1 N–H and O–H groups in total. The number of thiazole rings is 1. The van der Waals surface area contributed by atoms with Crippen molar-refractivity contribution in [2.75, 3.05) is 7.11 Å². The van der Waals surface area contributed by atoms with Gasteiger partial charge in [-0.2, -0.15) is 0 Å². The maximum Gasteiger partial charge on any atom is 0.278 e. The lowest BCUT2D eigenvalue weighted by Crippen LogP contribution is -2.43. The van der Waals surface area contributed by atoms with E-state index in [0.29, 0.717) is 16.5 Å². The minimum absolute atomic E-state index is 0.0635.